The summed E-state index contributed by atoms with van der Waals surface area (Å²) in [6.45, 7) is 22.8. The van der Waals surface area contributed by atoms with E-state index in [1.807, 2.05) is 0 Å². The Morgan fingerprint density at radius 3 is 1.32 bits per heavy atom. The molecule has 0 spiro atoms. The maximum absolute atomic E-state index is 12.8. The third-order valence-corrected chi connectivity index (χ3v) is 7.48. The normalized spacial score (nSPS) is 12.9. The molecule has 0 aliphatic rings. The van der Waals surface area contributed by atoms with E-state index in [1.54, 1.807) is 141 Å². The second-order valence-corrected chi connectivity index (χ2v) is 17.7. The number of esters is 3. The fraction of sp³-hybridized carbons (Fsp3) is 0.524. The lowest BCUT2D eigenvalue weighted by Crippen LogP contribution is -2.47. The summed E-state index contributed by atoms with van der Waals surface area (Å²) in [7, 11) is 0. The van der Waals surface area contributed by atoms with Gasteiger partial charge in [0.05, 0.1) is 6.61 Å². The Hall–Kier alpha value is -6.20. The zero-order chi connectivity index (χ0) is 45.4. The summed E-state index contributed by atoms with van der Waals surface area (Å²) in [5.74, 6) is -2.39. The number of nitrogens with zero attached hydrogens (tertiary/aromatic N) is 4. The van der Waals surface area contributed by atoms with Gasteiger partial charge in [-0.15, -0.1) is 0 Å². The zero-order valence-electron chi connectivity index (χ0n) is 36.8. The number of nitrogens with one attached hydrogen (secondary N) is 2. The van der Waals surface area contributed by atoms with Crippen molar-refractivity contribution in [1.29, 1.82) is 0 Å². The monoisotopic (exact) mass is 837 g/mol. The number of alkyl carbamates (subject to hydrolysis) is 2. The Morgan fingerprint density at radius 1 is 0.600 bits per heavy atom. The molecular formula is C42H59N7O11. The zero-order valence-corrected chi connectivity index (χ0v) is 36.8. The third-order valence-electron chi connectivity index (χ3n) is 7.48. The number of amides is 3. The molecule has 328 valence electrons. The van der Waals surface area contributed by atoms with Gasteiger partial charge in [-0.1, -0.05) is 12.1 Å². The number of carbonyl (C=O) groups excluding carboxylic acids is 6. The SMILES string of the molecule is CC(C)(C)OC(=O)N[C@@H](Cc1cccc2nc(C(N)=O)cn12)C(=O)OC(C)(C)C.CCOC(=O)c1cn2c(C[C@H](NC(=O)OC(C)(C)C)C(=O)OC(C)(C)C)cccc2n1. The van der Waals surface area contributed by atoms with Gasteiger partial charge in [-0.25, -0.2) is 33.9 Å². The van der Waals surface area contributed by atoms with E-state index in [0.717, 1.165) is 0 Å². The third kappa shape index (κ3) is 15.5. The molecular weight excluding hydrogens is 778 g/mol. The van der Waals surface area contributed by atoms with Crippen molar-refractivity contribution >= 4 is 47.3 Å². The number of imidazole rings is 2. The lowest BCUT2D eigenvalue weighted by atomic mass is 10.1. The number of pyridine rings is 2. The molecule has 18 heteroatoms. The number of hydrogen-bond acceptors (Lipinski definition) is 13. The number of carbonyl (C=O) groups is 6. The molecule has 60 heavy (non-hydrogen) atoms. The largest absolute Gasteiger partial charge is 0.461 e. The van der Waals surface area contributed by atoms with Gasteiger partial charge in [-0.2, -0.15) is 0 Å². The highest BCUT2D eigenvalue weighted by Gasteiger charge is 2.31. The maximum atomic E-state index is 12.8. The minimum Gasteiger partial charge on any atom is -0.461 e. The van der Waals surface area contributed by atoms with E-state index < -0.39 is 70.5 Å². The van der Waals surface area contributed by atoms with Crippen LogP contribution in [0.1, 0.15) is 122 Å². The number of fused-ring (bicyclic) bond motifs is 2. The average Bonchev–Trinajstić information content (AvgIpc) is 3.71. The second-order valence-electron chi connectivity index (χ2n) is 17.7. The van der Waals surface area contributed by atoms with Crippen molar-refractivity contribution in [3.05, 3.63) is 71.6 Å². The fourth-order valence-electron chi connectivity index (χ4n) is 5.34. The first-order valence-electron chi connectivity index (χ1n) is 19.4. The molecule has 4 aromatic heterocycles. The highest BCUT2D eigenvalue weighted by molar-refractivity contribution is 5.91. The molecule has 0 fully saturated rings. The lowest BCUT2D eigenvalue weighted by molar-refractivity contribution is -0.158. The number of ether oxygens (including phenoxy) is 5. The van der Waals surface area contributed by atoms with Crippen molar-refractivity contribution in [2.45, 2.75) is 137 Å². The smallest absolute Gasteiger partial charge is 0.408 e. The van der Waals surface area contributed by atoms with Crippen molar-refractivity contribution in [1.82, 2.24) is 29.4 Å². The van der Waals surface area contributed by atoms with Gasteiger partial charge in [0.15, 0.2) is 5.69 Å². The maximum Gasteiger partial charge on any atom is 0.408 e. The molecule has 4 heterocycles. The molecule has 4 aromatic rings. The van der Waals surface area contributed by atoms with E-state index in [2.05, 4.69) is 20.6 Å². The lowest BCUT2D eigenvalue weighted by Gasteiger charge is -2.26. The summed E-state index contributed by atoms with van der Waals surface area (Å²) in [5.41, 5.74) is 4.95. The molecule has 3 amide bonds. The van der Waals surface area contributed by atoms with Crippen LogP contribution < -0.4 is 16.4 Å². The number of rotatable bonds is 11. The molecule has 0 aliphatic carbocycles. The molecule has 0 aliphatic heterocycles. The van der Waals surface area contributed by atoms with E-state index in [1.165, 1.54) is 6.20 Å². The van der Waals surface area contributed by atoms with Crippen LogP contribution in [0.25, 0.3) is 11.3 Å². The van der Waals surface area contributed by atoms with E-state index in [0.29, 0.717) is 22.7 Å². The van der Waals surface area contributed by atoms with E-state index in [-0.39, 0.29) is 30.8 Å². The van der Waals surface area contributed by atoms with Crippen LogP contribution in [0.15, 0.2) is 48.8 Å². The minimum atomic E-state index is -1.01. The van der Waals surface area contributed by atoms with Crippen molar-refractivity contribution < 1.29 is 52.5 Å². The summed E-state index contributed by atoms with van der Waals surface area (Å²) in [6, 6.07) is 8.46. The van der Waals surface area contributed by atoms with Gasteiger partial charge in [0.1, 0.15) is 51.5 Å². The molecule has 2 atom stereocenters. The Morgan fingerprint density at radius 2 is 0.967 bits per heavy atom. The predicted molar refractivity (Wildman–Crippen MR) is 220 cm³/mol. The summed E-state index contributed by atoms with van der Waals surface area (Å²) in [6.07, 6.45) is 1.77. The van der Waals surface area contributed by atoms with Crippen molar-refractivity contribution in [2.24, 2.45) is 5.73 Å². The first-order chi connectivity index (χ1) is 27.5. The van der Waals surface area contributed by atoms with Crippen molar-refractivity contribution in [3.8, 4) is 0 Å². The standard InChI is InChI=1S/C22H31N3O6.C20H28N4O5/c1-8-29-18(26)16-13-25-14(10-9-11-17(25)23-16)12-15(19(27)30-21(2,3)4)24-20(28)31-22(5,6)7;1-19(2,3)28-17(26)13(23-18(27)29-20(4,5)6)10-12-8-7-9-15-22-14(16(21)25)11-24(12)15/h9-11,13,15H,8,12H2,1-7H3,(H,24,28);7-9,11,13H,10H2,1-6H3,(H2,21,25)(H,23,27)/t15-;13-/m00/s1. The van der Waals surface area contributed by atoms with Crippen LogP contribution >= 0.6 is 0 Å². The number of hydrogen-bond donors (Lipinski definition) is 3. The van der Waals surface area contributed by atoms with Crippen LogP contribution in [-0.4, -0.2) is 95.9 Å². The highest BCUT2D eigenvalue weighted by atomic mass is 16.6. The van der Waals surface area contributed by atoms with Crippen LogP contribution in [0.3, 0.4) is 0 Å². The molecule has 18 nitrogen and oxygen atoms in total. The Kier molecular flexibility index (Phi) is 15.5. The molecule has 0 bridgehead atoms. The van der Waals surface area contributed by atoms with Gasteiger partial charge < -0.3 is 48.9 Å². The highest BCUT2D eigenvalue weighted by Crippen LogP contribution is 2.18. The number of primary amides is 1. The first kappa shape index (κ1) is 48.2. The first-order valence-corrected chi connectivity index (χ1v) is 19.4. The van der Waals surface area contributed by atoms with Crippen LogP contribution in [0.2, 0.25) is 0 Å². The van der Waals surface area contributed by atoms with Gasteiger partial charge in [-0.3, -0.25) is 4.79 Å². The average molecular weight is 838 g/mol. The van der Waals surface area contributed by atoms with Crippen LogP contribution in [-0.2, 0) is 46.1 Å². The Labute approximate surface area is 349 Å². The molecule has 4 N–H and O–H groups in total. The summed E-state index contributed by atoms with van der Waals surface area (Å²) < 4.78 is 29.8. The van der Waals surface area contributed by atoms with Crippen LogP contribution in [0.4, 0.5) is 9.59 Å². The summed E-state index contributed by atoms with van der Waals surface area (Å²) in [4.78, 5) is 82.1. The Balaban J connectivity index is 0.000000321. The molecule has 0 aromatic carbocycles. The fourth-order valence-corrected chi connectivity index (χ4v) is 5.34. The molecule has 0 saturated carbocycles. The van der Waals surface area contributed by atoms with E-state index in [4.69, 9.17) is 29.4 Å². The van der Waals surface area contributed by atoms with Gasteiger partial charge >= 0.3 is 30.1 Å². The number of nitrogens with two attached hydrogens (primary N) is 1. The van der Waals surface area contributed by atoms with E-state index >= 15 is 0 Å². The molecule has 4 rings (SSSR count). The second kappa shape index (κ2) is 19.2. The summed E-state index contributed by atoms with van der Waals surface area (Å²) in [5, 5.41) is 5.18. The van der Waals surface area contributed by atoms with Gasteiger partial charge in [0, 0.05) is 36.6 Å². The van der Waals surface area contributed by atoms with Gasteiger partial charge in [-0.05, 0) is 114 Å². The van der Waals surface area contributed by atoms with Crippen molar-refractivity contribution in [3.63, 3.8) is 0 Å². The summed E-state index contributed by atoms with van der Waals surface area (Å²) >= 11 is 0. The van der Waals surface area contributed by atoms with Crippen molar-refractivity contribution in [2.75, 3.05) is 6.61 Å². The van der Waals surface area contributed by atoms with Crippen LogP contribution in [0.5, 0.6) is 0 Å². The molecule has 0 saturated heterocycles. The topological polar surface area (TPSA) is 233 Å². The molecule has 0 unspecified atom stereocenters. The van der Waals surface area contributed by atoms with Gasteiger partial charge in [0.2, 0.25) is 0 Å². The molecule has 0 radical (unpaired) electrons. The van der Waals surface area contributed by atoms with Crippen LogP contribution in [0, 0.1) is 0 Å². The number of aromatic nitrogens is 4. The Bertz CT molecular complexity index is 2180. The van der Waals surface area contributed by atoms with Gasteiger partial charge in [0.25, 0.3) is 5.91 Å². The van der Waals surface area contributed by atoms with E-state index in [9.17, 15) is 28.8 Å². The minimum absolute atomic E-state index is 0.0973. The quantitative estimate of drug-likeness (QED) is 0.125. The predicted octanol–water partition coefficient (Wildman–Crippen LogP) is 5.50.